The Morgan fingerprint density at radius 1 is 1.33 bits per heavy atom. The molecule has 0 saturated carbocycles. The first-order valence-electron chi connectivity index (χ1n) is 6.57. The molecule has 0 rings (SSSR count). The fourth-order valence-electron chi connectivity index (χ4n) is 1.26. The first-order chi connectivity index (χ1) is 9.39. The fraction of sp³-hybridized carbons (Fsp3) is 0.833. The molecule has 0 fully saturated rings. The number of aliphatic imine (C=N–C) groups is 1. The van der Waals surface area contributed by atoms with Crippen LogP contribution in [-0.4, -0.2) is 38.1 Å². The molecule has 0 aromatic rings. The number of halogens is 3. The molecule has 1 unspecified atom stereocenters. The number of nitrogens with zero attached hydrogens (tertiary/aromatic N) is 1. The molecule has 0 heterocycles. The van der Waals surface area contributed by atoms with Crippen LogP contribution in [-0.2, 0) is 27.2 Å². The van der Waals surface area contributed by atoms with Crippen molar-refractivity contribution in [2.45, 2.75) is 39.3 Å². The van der Waals surface area contributed by atoms with Crippen LogP contribution in [0, 0.1) is 5.92 Å². The molecule has 0 aliphatic rings. The van der Waals surface area contributed by atoms with Crippen LogP contribution in [0.1, 0.15) is 33.1 Å². The SMILES string of the molecule is CC.NCCC([C-]=O)CCCNC(N)=NCC(F)(F)F.[Nb]. The summed E-state index contributed by atoms with van der Waals surface area (Å²) in [5, 5.41) is 2.54. The van der Waals surface area contributed by atoms with Crippen LogP contribution >= 0.6 is 0 Å². The summed E-state index contributed by atoms with van der Waals surface area (Å²) >= 11 is 0. The fourth-order valence-corrected chi connectivity index (χ4v) is 1.26. The van der Waals surface area contributed by atoms with Gasteiger partial charge in [-0.05, 0) is 13.0 Å². The Hall–Kier alpha value is -0.570. The molecular formula is C12H24F3N4NbO-. The number of rotatable bonds is 8. The van der Waals surface area contributed by atoms with Gasteiger partial charge < -0.3 is 21.6 Å². The molecule has 21 heavy (non-hydrogen) atoms. The van der Waals surface area contributed by atoms with E-state index in [0.717, 1.165) is 0 Å². The molecule has 0 spiro atoms. The van der Waals surface area contributed by atoms with Crippen LogP contribution in [0.4, 0.5) is 13.2 Å². The Morgan fingerprint density at radius 2 is 1.90 bits per heavy atom. The van der Waals surface area contributed by atoms with Gasteiger partial charge in [0.25, 0.3) is 0 Å². The van der Waals surface area contributed by atoms with E-state index >= 15 is 0 Å². The Bertz CT molecular complexity index is 276. The first kappa shape index (κ1) is 25.4. The maximum Gasteiger partial charge on any atom is 0.408 e. The average molecular weight is 390 g/mol. The summed E-state index contributed by atoms with van der Waals surface area (Å²) < 4.78 is 35.4. The molecule has 0 aliphatic carbocycles. The molecule has 9 heteroatoms. The number of hydrogen-bond donors (Lipinski definition) is 3. The van der Waals surface area contributed by atoms with E-state index in [4.69, 9.17) is 11.5 Å². The van der Waals surface area contributed by atoms with E-state index in [1.54, 1.807) is 0 Å². The van der Waals surface area contributed by atoms with Gasteiger partial charge in [0.2, 0.25) is 0 Å². The van der Waals surface area contributed by atoms with Gasteiger partial charge in [-0.3, -0.25) is 6.29 Å². The second-order valence-electron chi connectivity index (χ2n) is 3.78. The second kappa shape index (κ2) is 15.8. The van der Waals surface area contributed by atoms with Crippen molar-refractivity contribution in [2.24, 2.45) is 22.4 Å². The molecule has 0 aromatic heterocycles. The Balaban J connectivity index is -0.00000103. The average Bonchev–Trinajstić information content (AvgIpc) is 2.41. The molecule has 0 bridgehead atoms. The van der Waals surface area contributed by atoms with Gasteiger partial charge in [0.1, 0.15) is 6.54 Å². The van der Waals surface area contributed by atoms with Gasteiger partial charge >= 0.3 is 6.18 Å². The van der Waals surface area contributed by atoms with Gasteiger partial charge in [-0.1, -0.05) is 26.7 Å². The Morgan fingerprint density at radius 3 is 2.33 bits per heavy atom. The van der Waals surface area contributed by atoms with E-state index in [9.17, 15) is 18.0 Å². The quantitative estimate of drug-likeness (QED) is 0.192. The van der Waals surface area contributed by atoms with Crippen molar-refractivity contribution >= 4 is 12.2 Å². The van der Waals surface area contributed by atoms with Gasteiger partial charge in [-0.25, -0.2) is 4.99 Å². The predicted octanol–water partition coefficient (Wildman–Crippen LogP) is 1.33. The molecule has 125 valence electrons. The summed E-state index contributed by atoms with van der Waals surface area (Å²) in [5.74, 6) is -0.483. The third-order valence-corrected chi connectivity index (χ3v) is 2.15. The monoisotopic (exact) mass is 390 g/mol. The van der Waals surface area contributed by atoms with Crippen molar-refractivity contribution in [1.29, 1.82) is 0 Å². The molecule has 5 N–H and O–H groups in total. The normalized spacial score (nSPS) is 12.6. The van der Waals surface area contributed by atoms with Crippen molar-refractivity contribution in [1.82, 2.24) is 5.32 Å². The van der Waals surface area contributed by atoms with Crippen molar-refractivity contribution in [2.75, 3.05) is 19.6 Å². The van der Waals surface area contributed by atoms with E-state index in [0.29, 0.717) is 32.4 Å². The van der Waals surface area contributed by atoms with Gasteiger partial charge in [-0.2, -0.15) is 13.2 Å². The van der Waals surface area contributed by atoms with E-state index in [1.807, 2.05) is 20.1 Å². The number of carbonyl (C=O) groups excluding carboxylic acids is 1. The van der Waals surface area contributed by atoms with E-state index in [1.165, 1.54) is 0 Å². The van der Waals surface area contributed by atoms with Crippen LogP contribution in [0.2, 0.25) is 0 Å². The Kier molecular flexibility index (Phi) is 19.1. The largest absolute Gasteiger partial charge is 0.542 e. The molecule has 0 amide bonds. The third-order valence-electron chi connectivity index (χ3n) is 2.15. The molecule has 0 saturated heterocycles. The molecule has 1 radical (unpaired) electrons. The van der Waals surface area contributed by atoms with Crippen LogP contribution in [0.5, 0.6) is 0 Å². The minimum atomic E-state index is -4.36. The summed E-state index contributed by atoms with van der Waals surface area (Å²) in [6.45, 7) is 3.46. The summed E-state index contributed by atoms with van der Waals surface area (Å²) in [4.78, 5) is 13.6. The van der Waals surface area contributed by atoms with Crippen LogP contribution < -0.4 is 16.8 Å². The van der Waals surface area contributed by atoms with Crippen molar-refractivity contribution in [3.63, 3.8) is 0 Å². The number of nitrogens with two attached hydrogens (primary N) is 2. The first-order valence-corrected chi connectivity index (χ1v) is 6.57. The minimum absolute atomic E-state index is 0. The van der Waals surface area contributed by atoms with E-state index in [-0.39, 0.29) is 34.3 Å². The number of hydrogen-bond acceptors (Lipinski definition) is 3. The predicted molar refractivity (Wildman–Crippen MR) is 74.0 cm³/mol. The van der Waals surface area contributed by atoms with Gasteiger partial charge in [0.05, 0.1) is 0 Å². The van der Waals surface area contributed by atoms with Gasteiger partial charge in [-0.15, -0.1) is 5.92 Å². The van der Waals surface area contributed by atoms with Crippen molar-refractivity contribution in [3.05, 3.63) is 0 Å². The number of guanidine groups is 1. The van der Waals surface area contributed by atoms with Gasteiger partial charge in [0, 0.05) is 28.9 Å². The van der Waals surface area contributed by atoms with Crippen LogP contribution in [0.3, 0.4) is 0 Å². The zero-order valence-electron chi connectivity index (χ0n) is 12.4. The Labute approximate surface area is 139 Å². The number of alkyl halides is 3. The summed E-state index contributed by atoms with van der Waals surface area (Å²) in [6, 6.07) is 0. The standard InChI is InChI=1S/C10H18F3N4O.C2H6.Nb/c11-10(12,13)7-17-9(15)16-5-1-2-8(6-18)3-4-14;1-2;/h8H,1-5,7,14H2,(H3,15,16,17);1-2H3;/q-1;;. The van der Waals surface area contributed by atoms with Crippen molar-refractivity contribution in [3.8, 4) is 0 Å². The molecule has 5 nitrogen and oxygen atoms in total. The molecular weight excluding hydrogens is 366 g/mol. The van der Waals surface area contributed by atoms with Crippen LogP contribution in [0.15, 0.2) is 4.99 Å². The second-order valence-corrected chi connectivity index (χ2v) is 3.78. The van der Waals surface area contributed by atoms with E-state index < -0.39 is 12.7 Å². The summed E-state index contributed by atoms with van der Waals surface area (Å²) in [6.07, 6.45) is -0.776. The van der Waals surface area contributed by atoms with Gasteiger partial charge in [0.15, 0.2) is 5.96 Å². The summed E-state index contributed by atoms with van der Waals surface area (Å²) in [7, 11) is 0. The smallest absolute Gasteiger partial charge is 0.408 e. The maximum atomic E-state index is 11.8. The third kappa shape index (κ3) is 19.4. The minimum Gasteiger partial charge on any atom is -0.542 e. The summed E-state index contributed by atoms with van der Waals surface area (Å²) in [5.41, 5.74) is 10.5. The molecule has 0 aromatic carbocycles. The van der Waals surface area contributed by atoms with E-state index in [2.05, 4.69) is 10.3 Å². The zero-order valence-corrected chi connectivity index (χ0v) is 14.6. The van der Waals surface area contributed by atoms with Crippen LogP contribution in [0.25, 0.3) is 0 Å². The number of nitrogens with one attached hydrogen (secondary N) is 1. The molecule has 0 aliphatic heterocycles. The molecule has 1 atom stereocenters. The topological polar surface area (TPSA) is 93.5 Å². The maximum absolute atomic E-state index is 11.8. The zero-order chi connectivity index (χ0) is 16.0. The van der Waals surface area contributed by atoms with Crippen molar-refractivity contribution < 1.29 is 40.3 Å².